The fourth-order valence-electron chi connectivity index (χ4n) is 7.97. The van der Waals surface area contributed by atoms with Gasteiger partial charge in [-0.1, -0.05) is 158 Å². The van der Waals surface area contributed by atoms with E-state index in [0.29, 0.717) is 13.2 Å². The zero-order valence-corrected chi connectivity index (χ0v) is 39.3. The third-order valence-electron chi connectivity index (χ3n) is 11.0. The summed E-state index contributed by atoms with van der Waals surface area (Å²) in [6.45, 7) is 2.64. The second-order valence-electron chi connectivity index (χ2n) is 16.1. The minimum Gasteiger partial charge on any atom is -0.433 e. The Morgan fingerprint density at radius 1 is 0.462 bits per heavy atom. The zero-order valence-electron chi connectivity index (χ0n) is 37.0. The number of hydrogen-bond acceptors (Lipinski definition) is 11. The lowest BCUT2D eigenvalue weighted by Crippen LogP contribution is -2.67. The van der Waals surface area contributed by atoms with Crippen molar-refractivity contribution in [1.82, 2.24) is 0 Å². The highest BCUT2D eigenvalue weighted by molar-refractivity contribution is 7.70. The summed E-state index contributed by atoms with van der Waals surface area (Å²) in [7, 11) is 13.2. The van der Waals surface area contributed by atoms with Crippen molar-refractivity contribution in [3.8, 4) is 0 Å². The summed E-state index contributed by atoms with van der Waals surface area (Å²) in [5, 5.41) is 0. The number of ether oxygens (including phenoxy) is 9. The first-order chi connectivity index (χ1) is 31.8. The molecule has 5 aromatic carbocycles. The molecule has 2 aliphatic rings. The van der Waals surface area contributed by atoms with Crippen LogP contribution in [0.1, 0.15) is 27.8 Å². The average molecular weight is 918 g/mol. The van der Waals surface area contributed by atoms with Crippen LogP contribution in [0.4, 0.5) is 0 Å². The average Bonchev–Trinajstić information content (AvgIpc) is 3.33. The Hall–Kier alpha value is -3.29. The van der Waals surface area contributed by atoms with E-state index >= 15 is 0 Å². The third-order valence-corrected chi connectivity index (χ3v) is 11.3. The van der Waals surface area contributed by atoms with Gasteiger partial charge in [-0.2, -0.15) is 0 Å². The molecule has 2 heterocycles. The van der Waals surface area contributed by atoms with Crippen LogP contribution in [0, 0.1) is 0 Å². The Balaban J connectivity index is 1.24. The number of methoxy groups -OCH3 is 1. The largest absolute Gasteiger partial charge is 0.433 e. The molecule has 12 atom stereocenters. The van der Waals surface area contributed by atoms with E-state index in [1.807, 2.05) is 158 Å². The molecular formula is C49H59B3O11P2. The van der Waals surface area contributed by atoms with Crippen molar-refractivity contribution in [3.05, 3.63) is 179 Å². The van der Waals surface area contributed by atoms with Gasteiger partial charge in [-0.15, -0.1) is 18.2 Å². The van der Waals surface area contributed by atoms with Crippen LogP contribution in [0.5, 0.6) is 0 Å². The van der Waals surface area contributed by atoms with E-state index in [1.165, 1.54) is 0 Å². The van der Waals surface area contributed by atoms with Crippen molar-refractivity contribution in [2.24, 2.45) is 0 Å². The summed E-state index contributed by atoms with van der Waals surface area (Å²) in [6.07, 6.45) is -8.19. The van der Waals surface area contributed by atoms with Crippen LogP contribution in [0.3, 0.4) is 0 Å². The molecule has 2 radical (unpaired) electrons. The van der Waals surface area contributed by atoms with Crippen molar-refractivity contribution >= 4 is 39.1 Å². The zero-order chi connectivity index (χ0) is 45.2. The van der Waals surface area contributed by atoms with Crippen molar-refractivity contribution in [3.63, 3.8) is 0 Å². The molecule has 65 heavy (non-hydrogen) atoms. The highest BCUT2D eigenvalue weighted by Crippen LogP contribution is 2.37. The number of rotatable bonds is 24. The van der Waals surface area contributed by atoms with Gasteiger partial charge in [-0.05, 0) is 27.8 Å². The maximum Gasteiger partial charge on any atom is 0.312 e. The Morgan fingerprint density at radius 2 is 0.846 bits per heavy atom. The summed E-state index contributed by atoms with van der Waals surface area (Å²) >= 11 is 0. The first-order valence-electron chi connectivity index (χ1n) is 22.1. The Labute approximate surface area is 390 Å². The molecule has 2 aliphatic heterocycles. The van der Waals surface area contributed by atoms with Crippen molar-refractivity contribution < 1.29 is 51.9 Å². The molecular weight excluding hydrogens is 859 g/mol. The molecule has 0 aromatic heterocycles. The predicted octanol–water partition coefficient (Wildman–Crippen LogP) is 7.45. The molecule has 340 valence electrons. The Kier molecular flexibility index (Phi) is 20.1. The molecule has 11 nitrogen and oxygen atoms in total. The van der Waals surface area contributed by atoms with Crippen molar-refractivity contribution in [1.29, 1.82) is 0 Å². The van der Waals surface area contributed by atoms with Gasteiger partial charge in [0.2, 0.25) is 0 Å². The van der Waals surface area contributed by atoms with Crippen molar-refractivity contribution in [2.45, 2.75) is 101 Å². The van der Waals surface area contributed by atoms with Gasteiger partial charge < -0.3 is 51.9 Å². The lowest BCUT2D eigenvalue weighted by Gasteiger charge is -2.50. The minimum absolute atomic E-state index is 0.146. The molecule has 16 heteroatoms. The van der Waals surface area contributed by atoms with Gasteiger partial charge in [0.15, 0.2) is 12.6 Å². The standard InChI is InChI=1S/C49H59B3O11P2/c1-51(64)62-43-41(34-55-29-36-20-10-4-11-21-36)59-48(53-2)47(45(43)63-52(50)65)61-49-46(58-32-39-26-16-7-17-27-39)44(57-31-38-24-14-6-15-25-38)42(56-30-37-22-12-5-13-23-37)40(60-49)33-54-28-35-18-8-3-9-19-35/h3-27,40-49H,28-34,64-65H2,1-2H3. The lowest BCUT2D eigenvalue weighted by molar-refractivity contribution is -0.373. The molecule has 0 amide bonds. The normalized spacial score (nSPS) is 25.5. The van der Waals surface area contributed by atoms with Crippen LogP contribution in [-0.2, 0) is 85.0 Å². The Bertz CT molecular complexity index is 2050. The summed E-state index contributed by atoms with van der Waals surface area (Å²) in [6, 6.07) is 49.9. The molecule has 2 saturated heterocycles. The minimum atomic E-state index is -1.10. The van der Waals surface area contributed by atoms with Crippen LogP contribution in [0.25, 0.3) is 0 Å². The van der Waals surface area contributed by atoms with Gasteiger partial charge in [-0.3, -0.25) is 0 Å². The molecule has 7 rings (SSSR count). The summed E-state index contributed by atoms with van der Waals surface area (Å²) in [4.78, 5) is 0. The molecule has 0 saturated carbocycles. The maximum absolute atomic E-state index is 7.17. The van der Waals surface area contributed by atoms with E-state index in [1.54, 1.807) is 7.11 Å². The second kappa shape index (κ2) is 26.3. The van der Waals surface area contributed by atoms with E-state index in [9.17, 15) is 0 Å². The SMILES string of the molecule is [B]B(P)OC1C(OB(C)P)C(COCc2ccccc2)OC(OC)C1OC1OC(COCc2ccccc2)C(OCc2ccccc2)C(OCc2ccccc2)C1OCc1ccccc1. The number of benzene rings is 5. The second-order valence-corrected chi connectivity index (χ2v) is 17.7. The quantitative estimate of drug-likeness (QED) is 0.0456. The van der Waals surface area contributed by atoms with Crippen LogP contribution in [0.2, 0.25) is 6.82 Å². The van der Waals surface area contributed by atoms with Gasteiger partial charge in [-0.25, -0.2) is 0 Å². The van der Waals surface area contributed by atoms with E-state index in [0.717, 1.165) is 27.8 Å². The molecule has 0 spiro atoms. The van der Waals surface area contributed by atoms with Crippen LogP contribution >= 0.6 is 18.2 Å². The molecule has 12 unspecified atom stereocenters. The van der Waals surface area contributed by atoms with Crippen LogP contribution in [0.15, 0.2) is 152 Å². The molecule has 0 bridgehead atoms. The van der Waals surface area contributed by atoms with Gasteiger partial charge in [0.25, 0.3) is 6.53 Å². The third kappa shape index (κ3) is 15.1. The first kappa shape index (κ1) is 49.6. The number of hydrogen-bond donors (Lipinski definition) is 0. The first-order valence-corrected chi connectivity index (χ1v) is 23.4. The maximum atomic E-state index is 7.17. The fraction of sp³-hybridized carbons (Fsp3) is 0.388. The summed E-state index contributed by atoms with van der Waals surface area (Å²) < 4.78 is 73.5. The summed E-state index contributed by atoms with van der Waals surface area (Å²) in [5.74, 6) is 0. The molecule has 0 aliphatic carbocycles. The molecule has 5 aromatic rings. The van der Waals surface area contributed by atoms with E-state index in [2.05, 4.69) is 18.2 Å². The van der Waals surface area contributed by atoms with E-state index in [4.69, 9.17) is 59.7 Å². The van der Waals surface area contributed by atoms with Crippen LogP contribution < -0.4 is 0 Å². The van der Waals surface area contributed by atoms with E-state index < -0.39 is 67.9 Å². The smallest absolute Gasteiger partial charge is 0.312 e. The summed E-state index contributed by atoms with van der Waals surface area (Å²) in [5.41, 5.74) is 4.97. The van der Waals surface area contributed by atoms with Crippen LogP contribution in [-0.4, -0.2) is 103 Å². The van der Waals surface area contributed by atoms with Gasteiger partial charge in [0.05, 0.1) is 66.2 Å². The Morgan fingerprint density at radius 3 is 1.26 bits per heavy atom. The lowest BCUT2D eigenvalue weighted by atomic mass is 9.69. The van der Waals surface area contributed by atoms with Crippen molar-refractivity contribution in [2.75, 3.05) is 20.3 Å². The topological polar surface area (TPSA) is 102 Å². The van der Waals surface area contributed by atoms with Gasteiger partial charge >= 0.3 is 6.64 Å². The highest BCUT2D eigenvalue weighted by atomic mass is 31.0. The molecule has 0 N–H and O–H groups in total. The predicted molar refractivity (Wildman–Crippen MR) is 259 cm³/mol. The fourth-order valence-corrected chi connectivity index (χ4v) is 8.34. The molecule has 2 fully saturated rings. The van der Waals surface area contributed by atoms with Gasteiger partial charge in [0.1, 0.15) is 36.6 Å². The monoisotopic (exact) mass is 918 g/mol. The van der Waals surface area contributed by atoms with Gasteiger partial charge in [0, 0.05) is 7.11 Å². The van der Waals surface area contributed by atoms with E-state index in [-0.39, 0.29) is 39.7 Å². The highest BCUT2D eigenvalue weighted by Gasteiger charge is 2.54.